The van der Waals surface area contributed by atoms with Gasteiger partial charge in [0, 0.05) is 26.2 Å². The summed E-state index contributed by atoms with van der Waals surface area (Å²) in [5.41, 5.74) is -1.48. The van der Waals surface area contributed by atoms with Gasteiger partial charge in [-0.25, -0.2) is 4.79 Å². The molecule has 10 nitrogen and oxygen atoms in total. The van der Waals surface area contributed by atoms with E-state index in [1.165, 1.54) is 15.7 Å². The van der Waals surface area contributed by atoms with E-state index in [0.717, 1.165) is 0 Å². The molecule has 1 aliphatic heterocycles. The van der Waals surface area contributed by atoms with Gasteiger partial charge < -0.3 is 25.2 Å². The first kappa shape index (κ1) is 21.4. The molecule has 2 rings (SSSR count). The predicted octanol–water partition coefficient (Wildman–Crippen LogP) is 1.91. The Labute approximate surface area is 162 Å². The van der Waals surface area contributed by atoms with Crippen LogP contribution in [0.15, 0.2) is 6.20 Å². The van der Waals surface area contributed by atoms with Gasteiger partial charge in [0.1, 0.15) is 6.20 Å². The number of nitrogens with zero attached hydrogens (tertiary/aromatic N) is 5. The Morgan fingerprint density at radius 2 is 2.00 bits per heavy atom. The first-order valence-corrected chi connectivity index (χ1v) is 8.99. The number of aliphatic hydroxyl groups is 1. The van der Waals surface area contributed by atoms with Gasteiger partial charge in [-0.05, 0) is 33.8 Å². The van der Waals surface area contributed by atoms with Crippen LogP contribution in [0.5, 0.6) is 0 Å². The molecule has 1 aromatic rings. The molecule has 152 valence electrons. The van der Waals surface area contributed by atoms with Crippen molar-refractivity contribution < 1.29 is 19.9 Å². The van der Waals surface area contributed by atoms with Gasteiger partial charge in [-0.15, -0.1) is 0 Å². The fourth-order valence-corrected chi connectivity index (χ4v) is 3.63. The Morgan fingerprint density at radius 3 is 2.48 bits per heavy atom. The molecule has 0 aromatic carbocycles. The summed E-state index contributed by atoms with van der Waals surface area (Å²) in [6, 6.07) is -0.211. The number of hydrogen-bond donors (Lipinski definition) is 2. The Hall–Kier alpha value is -1.91. The highest BCUT2D eigenvalue weighted by atomic mass is 35.5. The van der Waals surface area contributed by atoms with Crippen molar-refractivity contribution in [2.75, 3.05) is 26.2 Å². The summed E-state index contributed by atoms with van der Waals surface area (Å²) in [6.07, 6.45) is 0.246. The molecular formula is C16H26ClN5O5. The quantitative estimate of drug-likeness (QED) is 0.568. The van der Waals surface area contributed by atoms with Crippen molar-refractivity contribution in [3.8, 4) is 0 Å². The standard InChI is InChI=1S/C16H26ClN5O5/c1-15(2,3)11-7-19(5-6-21(11)14(23)24)9-16(4,25)10-20-8-12(22(26)27)18-13(20)17/h8,11,25H,5-7,9-10H2,1-4H3,(H,23,24)/t11-,16?/m0/s1. The van der Waals surface area contributed by atoms with Crippen LogP contribution < -0.4 is 0 Å². The van der Waals surface area contributed by atoms with Gasteiger partial charge in [0.25, 0.3) is 0 Å². The second-order valence-corrected chi connectivity index (χ2v) is 8.68. The summed E-state index contributed by atoms with van der Waals surface area (Å²) in [5, 5.41) is 31.0. The molecule has 2 N–H and O–H groups in total. The fourth-order valence-electron chi connectivity index (χ4n) is 3.43. The molecular weight excluding hydrogens is 378 g/mol. The summed E-state index contributed by atoms with van der Waals surface area (Å²) in [7, 11) is 0. The molecule has 0 saturated carbocycles. The predicted molar refractivity (Wildman–Crippen MR) is 98.9 cm³/mol. The van der Waals surface area contributed by atoms with Gasteiger partial charge >= 0.3 is 17.2 Å². The van der Waals surface area contributed by atoms with Gasteiger partial charge in [0.2, 0.25) is 0 Å². The van der Waals surface area contributed by atoms with E-state index in [9.17, 15) is 25.1 Å². The highest BCUT2D eigenvalue weighted by Gasteiger charge is 2.39. The second-order valence-electron chi connectivity index (χ2n) is 8.34. The molecule has 0 radical (unpaired) electrons. The van der Waals surface area contributed by atoms with Crippen molar-refractivity contribution in [1.82, 2.24) is 19.4 Å². The Morgan fingerprint density at radius 1 is 1.37 bits per heavy atom. The number of carboxylic acid groups (broad SMARTS) is 1. The summed E-state index contributed by atoms with van der Waals surface area (Å²) in [4.78, 5) is 28.8. The number of hydrogen-bond acceptors (Lipinski definition) is 6. The molecule has 1 fully saturated rings. The van der Waals surface area contributed by atoms with E-state index in [-0.39, 0.29) is 35.6 Å². The smallest absolute Gasteiger partial charge is 0.407 e. The van der Waals surface area contributed by atoms with E-state index in [1.54, 1.807) is 6.92 Å². The van der Waals surface area contributed by atoms with E-state index in [0.29, 0.717) is 19.6 Å². The third-order valence-electron chi connectivity index (χ3n) is 4.69. The maximum atomic E-state index is 11.5. The summed E-state index contributed by atoms with van der Waals surface area (Å²) in [6.45, 7) is 9.21. The lowest BCUT2D eigenvalue weighted by Crippen LogP contribution is -2.61. The summed E-state index contributed by atoms with van der Waals surface area (Å²) >= 11 is 5.93. The monoisotopic (exact) mass is 403 g/mol. The lowest BCUT2D eigenvalue weighted by atomic mass is 9.84. The average Bonchev–Trinajstić information content (AvgIpc) is 2.86. The summed E-state index contributed by atoms with van der Waals surface area (Å²) < 4.78 is 1.34. The maximum absolute atomic E-state index is 11.5. The number of piperazine rings is 1. The first-order chi connectivity index (χ1) is 12.3. The minimum absolute atomic E-state index is 0.0337. The van der Waals surface area contributed by atoms with Crippen LogP contribution >= 0.6 is 11.6 Å². The van der Waals surface area contributed by atoms with Gasteiger partial charge in [-0.3, -0.25) is 9.47 Å². The maximum Gasteiger partial charge on any atom is 0.407 e. The zero-order valence-corrected chi connectivity index (χ0v) is 16.7. The lowest BCUT2D eigenvalue weighted by Gasteiger charge is -2.47. The zero-order chi connectivity index (χ0) is 20.6. The first-order valence-electron chi connectivity index (χ1n) is 8.61. The van der Waals surface area contributed by atoms with Crippen molar-refractivity contribution in [2.24, 2.45) is 5.41 Å². The Bertz CT molecular complexity index is 715. The fraction of sp³-hybridized carbons (Fsp3) is 0.750. The topological polar surface area (TPSA) is 125 Å². The molecule has 2 heterocycles. The van der Waals surface area contributed by atoms with Crippen LogP contribution in [-0.4, -0.2) is 78.4 Å². The highest BCUT2D eigenvalue weighted by molar-refractivity contribution is 6.28. The Kier molecular flexibility index (Phi) is 6.03. The number of nitro groups is 1. The number of aromatic nitrogens is 2. The molecule has 2 atom stereocenters. The molecule has 27 heavy (non-hydrogen) atoms. The van der Waals surface area contributed by atoms with E-state index in [2.05, 4.69) is 4.98 Å². The van der Waals surface area contributed by atoms with Crippen molar-refractivity contribution in [1.29, 1.82) is 0 Å². The van der Waals surface area contributed by atoms with Crippen molar-refractivity contribution in [3.63, 3.8) is 0 Å². The van der Waals surface area contributed by atoms with Crippen LogP contribution in [0.25, 0.3) is 0 Å². The third kappa shape index (κ3) is 5.30. The van der Waals surface area contributed by atoms with Crippen LogP contribution in [0.1, 0.15) is 27.7 Å². The lowest BCUT2D eigenvalue weighted by molar-refractivity contribution is -0.389. The number of carbonyl (C=O) groups is 1. The normalized spacial score (nSPS) is 21.1. The number of imidazole rings is 1. The number of amides is 1. The van der Waals surface area contributed by atoms with Crippen LogP contribution in [0, 0.1) is 15.5 Å². The molecule has 1 aromatic heterocycles. The zero-order valence-electron chi connectivity index (χ0n) is 15.9. The molecule has 0 bridgehead atoms. The molecule has 1 amide bonds. The minimum Gasteiger partial charge on any atom is -0.465 e. The highest BCUT2D eigenvalue weighted by Crippen LogP contribution is 2.29. The van der Waals surface area contributed by atoms with Crippen LogP contribution in [0.3, 0.4) is 0 Å². The largest absolute Gasteiger partial charge is 0.465 e. The van der Waals surface area contributed by atoms with Crippen molar-refractivity contribution in [2.45, 2.75) is 45.9 Å². The average molecular weight is 404 g/mol. The van der Waals surface area contributed by atoms with Gasteiger partial charge in [0.05, 0.1) is 18.2 Å². The van der Waals surface area contributed by atoms with Gasteiger partial charge in [-0.2, -0.15) is 0 Å². The van der Waals surface area contributed by atoms with E-state index < -0.39 is 16.6 Å². The SMILES string of the molecule is CC(O)(CN1CCN(C(=O)O)[C@H](C(C)(C)C)C1)Cn1cc([N+](=O)[O-])nc1Cl. The second kappa shape index (κ2) is 7.61. The molecule has 0 spiro atoms. The number of β-amino-alcohol motifs (C(OH)–C–C–N with tert-alkyl or cyclic N) is 1. The summed E-state index contributed by atoms with van der Waals surface area (Å²) in [5.74, 6) is -0.376. The number of halogens is 1. The molecule has 1 saturated heterocycles. The molecule has 1 aliphatic rings. The van der Waals surface area contributed by atoms with Crippen LogP contribution in [0.2, 0.25) is 5.28 Å². The van der Waals surface area contributed by atoms with E-state index in [4.69, 9.17) is 11.6 Å². The molecule has 11 heteroatoms. The van der Waals surface area contributed by atoms with Gasteiger partial charge in [-0.1, -0.05) is 20.8 Å². The Balaban J connectivity index is 2.09. The van der Waals surface area contributed by atoms with E-state index >= 15 is 0 Å². The molecule has 0 aliphatic carbocycles. The minimum atomic E-state index is -1.23. The van der Waals surface area contributed by atoms with Crippen molar-refractivity contribution in [3.05, 3.63) is 21.6 Å². The van der Waals surface area contributed by atoms with Crippen molar-refractivity contribution >= 4 is 23.5 Å². The van der Waals surface area contributed by atoms with E-state index in [1.807, 2.05) is 25.7 Å². The van der Waals surface area contributed by atoms with Crippen LogP contribution in [0.4, 0.5) is 10.6 Å². The number of rotatable bonds is 5. The molecule has 1 unspecified atom stereocenters. The van der Waals surface area contributed by atoms with Gasteiger partial charge in [0.15, 0.2) is 0 Å². The third-order valence-corrected chi connectivity index (χ3v) is 4.99. The van der Waals surface area contributed by atoms with Crippen LogP contribution in [-0.2, 0) is 6.54 Å².